The molecule has 1 saturated heterocycles. The summed E-state index contributed by atoms with van der Waals surface area (Å²) in [5.41, 5.74) is 0. The van der Waals surface area contributed by atoms with Crippen molar-refractivity contribution >= 4 is 6.29 Å². The van der Waals surface area contributed by atoms with E-state index in [4.69, 9.17) is 15.3 Å². The van der Waals surface area contributed by atoms with Gasteiger partial charge in [0, 0.05) is 0 Å². The van der Waals surface area contributed by atoms with Gasteiger partial charge in [-0.1, -0.05) is 0 Å². The molecule has 1 fully saturated rings. The maximum atomic E-state index is 10.0. The Bertz CT molecular complexity index is 148. The van der Waals surface area contributed by atoms with Crippen molar-refractivity contribution < 1.29 is 24.9 Å². The van der Waals surface area contributed by atoms with Gasteiger partial charge in [-0.05, 0) is 0 Å². The van der Waals surface area contributed by atoms with Gasteiger partial charge < -0.3 is 24.9 Å². The predicted octanol–water partition coefficient (Wildman–Crippen LogP) is -2.33. The average molecular weight is 162 g/mol. The fourth-order valence-corrected chi connectivity index (χ4v) is 0.847. The van der Waals surface area contributed by atoms with Gasteiger partial charge in [-0.25, -0.2) is 0 Å². The first-order chi connectivity index (χ1) is 5.20. The zero-order chi connectivity index (χ0) is 8.43. The average Bonchev–Trinajstić information content (AvgIpc) is 2.80. The molecule has 4 atom stereocenters. The standard InChI is InChI=1S/C6H10O5/c7-1-3(9)5(10)6-4(2-8)11-6/h2-7,9-10H,1H2/t3-,4+,5+,6+/m1/s1. The molecule has 0 aliphatic carbocycles. The molecule has 0 radical (unpaired) electrons. The first kappa shape index (κ1) is 8.61. The second-order valence-electron chi connectivity index (χ2n) is 2.44. The summed E-state index contributed by atoms with van der Waals surface area (Å²) in [4.78, 5) is 10.0. The van der Waals surface area contributed by atoms with Crippen LogP contribution in [0.25, 0.3) is 0 Å². The number of rotatable bonds is 4. The van der Waals surface area contributed by atoms with Crippen LogP contribution in [-0.4, -0.2) is 52.6 Å². The molecule has 1 aliphatic heterocycles. The zero-order valence-electron chi connectivity index (χ0n) is 5.75. The number of aliphatic hydroxyl groups excluding tert-OH is 3. The molecule has 0 aromatic carbocycles. The van der Waals surface area contributed by atoms with Crippen molar-refractivity contribution in [1.29, 1.82) is 0 Å². The second-order valence-corrected chi connectivity index (χ2v) is 2.44. The summed E-state index contributed by atoms with van der Waals surface area (Å²) in [6.07, 6.45) is -3.11. The third kappa shape index (κ3) is 1.75. The lowest BCUT2D eigenvalue weighted by Crippen LogP contribution is -2.34. The van der Waals surface area contributed by atoms with Gasteiger partial charge in [0.25, 0.3) is 0 Å². The third-order valence-corrected chi connectivity index (χ3v) is 1.61. The summed E-state index contributed by atoms with van der Waals surface area (Å²) in [6, 6.07) is 0. The van der Waals surface area contributed by atoms with Gasteiger partial charge in [0.15, 0.2) is 6.29 Å². The van der Waals surface area contributed by atoms with Crippen molar-refractivity contribution in [2.24, 2.45) is 0 Å². The van der Waals surface area contributed by atoms with E-state index in [1.807, 2.05) is 0 Å². The van der Waals surface area contributed by atoms with Crippen LogP contribution >= 0.6 is 0 Å². The van der Waals surface area contributed by atoms with Gasteiger partial charge in [-0.3, -0.25) is 0 Å². The van der Waals surface area contributed by atoms with E-state index in [0.717, 1.165) is 0 Å². The van der Waals surface area contributed by atoms with Crippen molar-refractivity contribution in [3.05, 3.63) is 0 Å². The maximum absolute atomic E-state index is 10.0. The molecule has 0 unspecified atom stereocenters. The molecular formula is C6H10O5. The predicted molar refractivity (Wildman–Crippen MR) is 33.8 cm³/mol. The number of carbonyl (C=O) groups excluding carboxylic acids is 1. The van der Waals surface area contributed by atoms with Crippen LogP contribution in [0, 0.1) is 0 Å². The number of epoxide rings is 1. The van der Waals surface area contributed by atoms with Gasteiger partial charge in [0.05, 0.1) is 6.61 Å². The maximum Gasteiger partial charge on any atom is 0.151 e. The highest BCUT2D eigenvalue weighted by Gasteiger charge is 2.46. The molecule has 11 heavy (non-hydrogen) atoms. The van der Waals surface area contributed by atoms with Crippen LogP contribution in [0.2, 0.25) is 0 Å². The van der Waals surface area contributed by atoms with Crippen molar-refractivity contribution in [3.63, 3.8) is 0 Å². The number of carbonyl (C=O) groups is 1. The molecule has 0 spiro atoms. The summed E-state index contributed by atoms with van der Waals surface area (Å²) < 4.78 is 4.66. The molecule has 1 aliphatic rings. The molecule has 0 saturated carbocycles. The van der Waals surface area contributed by atoms with Crippen molar-refractivity contribution in [3.8, 4) is 0 Å². The largest absolute Gasteiger partial charge is 0.394 e. The lowest BCUT2D eigenvalue weighted by molar-refractivity contribution is -0.108. The Morgan fingerprint density at radius 2 is 2.18 bits per heavy atom. The van der Waals surface area contributed by atoms with Gasteiger partial charge in [0.1, 0.15) is 24.4 Å². The van der Waals surface area contributed by atoms with Crippen molar-refractivity contribution in [1.82, 2.24) is 0 Å². The Balaban J connectivity index is 2.32. The van der Waals surface area contributed by atoms with Gasteiger partial charge in [-0.15, -0.1) is 0 Å². The summed E-state index contributed by atoms with van der Waals surface area (Å²) in [6.45, 7) is -0.535. The highest BCUT2D eigenvalue weighted by molar-refractivity contribution is 5.60. The summed E-state index contributed by atoms with van der Waals surface area (Å²) in [5.74, 6) is 0. The van der Waals surface area contributed by atoms with E-state index in [1.165, 1.54) is 0 Å². The molecule has 1 rings (SSSR count). The number of ether oxygens (including phenoxy) is 1. The molecule has 3 N–H and O–H groups in total. The summed E-state index contributed by atoms with van der Waals surface area (Å²) in [5, 5.41) is 26.3. The van der Waals surface area contributed by atoms with E-state index in [9.17, 15) is 4.79 Å². The molecular weight excluding hydrogens is 152 g/mol. The minimum Gasteiger partial charge on any atom is -0.394 e. The van der Waals surface area contributed by atoms with Crippen LogP contribution in [-0.2, 0) is 9.53 Å². The van der Waals surface area contributed by atoms with E-state index in [0.29, 0.717) is 6.29 Å². The fraction of sp³-hybridized carbons (Fsp3) is 0.833. The molecule has 0 amide bonds. The van der Waals surface area contributed by atoms with Gasteiger partial charge in [0.2, 0.25) is 0 Å². The van der Waals surface area contributed by atoms with Crippen LogP contribution in [0.5, 0.6) is 0 Å². The van der Waals surface area contributed by atoms with Gasteiger partial charge in [-0.2, -0.15) is 0 Å². The summed E-state index contributed by atoms with van der Waals surface area (Å²) >= 11 is 0. The van der Waals surface area contributed by atoms with Crippen LogP contribution in [0.1, 0.15) is 0 Å². The minimum atomic E-state index is -1.23. The highest BCUT2D eigenvalue weighted by Crippen LogP contribution is 2.24. The lowest BCUT2D eigenvalue weighted by atomic mass is 10.1. The third-order valence-electron chi connectivity index (χ3n) is 1.61. The fourth-order valence-electron chi connectivity index (χ4n) is 0.847. The van der Waals surface area contributed by atoms with Crippen molar-refractivity contribution in [2.75, 3.05) is 6.61 Å². The first-order valence-electron chi connectivity index (χ1n) is 3.28. The lowest BCUT2D eigenvalue weighted by Gasteiger charge is -2.11. The van der Waals surface area contributed by atoms with E-state index < -0.39 is 31.0 Å². The highest BCUT2D eigenvalue weighted by atomic mass is 16.6. The topological polar surface area (TPSA) is 90.3 Å². The summed E-state index contributed by atoms with van der Waals surface area (Å²) in [7, 11) is 0. The molecule has 0 bridgehead atoms. The van der Waals surface area contributed by atoms with Gasteiger partial charge >= 0.3 is 0 Å². The Kier molecular flexibility index (Phi) is 2.56. The molecule has 5 nitrogen and oxygen atoms in total. The Morgan fingerprint density at radius 3 is 2.55 bits per heavy atom. The van der Waals surface area contributed by atoms with E-state index in [1.54, 1.807) is 0 Å². The molecule has 0 aromatic heterocycles. The normalized spacial score (nSPS) is 34.5. The van der Waals surface area contributed by atoms with E-state index >= 15 is 0 Å². The molecule has 0 aromatic rings. The van der Waals surface area contributed by atoms with Crippen LogP contribution in [0.3, 0.4) is 0 Å². The quantitative estimate of drug-likeness (QED) is 0.318. The number of aldehydes is 1. The van der Waals surface area contributed by atoms with E-state index in [-0.39, 0.29) is 0 Å². The minimum absolute atomic E-state index is 0.535. The zero-order valence-corrected chi connectivity index (χ0v) is 5.75. The van der Waals surface area contributed by atoms with Crippen molar-refractivity contribution in [2.45, 2.75) is 24.4 Å². The Labute approximate surface area is 63.2 Å². The Hall–Kier alpha value is -0.490. The number of aliphatic hydroxyl groups is 3. The van der Waals surface area contributed by atoms with Crippen LogP contribution in [0.15, 0.2) is 0 Å². The van der Waals surface area contributed by atoms with E-state index in [2.05, 4.69) is 4.74 Å². The monoisotopic (exact) mass is 162 g/mol. The number of hydrogen-bond acceptors (Lipinski definition) is 5. The molecule has 1 heterocycles. The molecule has 5 heteroatoms. The smallest absolute Gasteiger partial charge is 0.151 e. The SMILES string of the molecule is O=C[C@@H]1O[C@@H]1[C@@H](O)[C@H](O)CO. The van der Waals surface area contributed by atoms with Crippen LogP contribution < -0.4 is 0 Å². The first-order valence-corrected chi connectivity index (χ1v) is 3.28. The number of hydrogen-bond donors (Lipinski definition) is 3. The van der Waals surface area contributed by atoms with Crippen LogP contribution in [0.4, 0.5) is 0 Å². The molecule has 64 valence electrons. The Morgan fingerprint density at radius 1 is 1.55 bits per heavy atom. The second kappa shape index (κ2) is 3.27.